The predicted molar refractivity (Wildman–Crippen MR) is 101 cm³/mol. The van der Waals surface area contributed by atoms with E-state index in [1.165, 1.54) is 0 Å². The maximum atomic E-state index is 12.2. The predicted octanol–water partition coefficient (Wildman–Crippen LogP) is 3.69. The number of benzene rings is 1. The van der Waals surface area contributed by atoms with Crippen LogP contribution < -0.4 is 10.1 Å². The standard InChI is InChI=1S/C21H23N3O3/c1-14-19(16(3)27-24-14)13-26-18-9-7-17(8-10-18)12-21(25)23-15(2)20-6-4-5-11-22-20/h4-11,15H,12-13H2,1-3H3,(H,23,25). The molecule has 3 rings (SSSR count). The number of aromatic nitrogens is 2. The average Bonchev–Trinajstić information content (AvgIpc) is 2.99. The third kappa shape index (κ3) is 4.94. The van der Waals surface area contributed by atoms with Crippen molar-refractivity contribution in [2.75, 3.05) is 0 Å². The molecule has 140 valence electrons. The number of pyridine rings is 1. The molecule has 1 amide bonds. The molecule has 0 fully saturated rings. The van der Waals surface area contributed by atoms with Crippen molar-refractivity contribution in [3.05, 3.63) is 76.9 Å². The SMILES string of the molecule is Cc1noc(C)c1COc1ccc(CC(=O)NC(C)c2ccccn2)cc1. The van der Waals surface area contributed by atoms with Gasteiger partial charge in [-0.2, -0.15) is 0 Å². The van der Waals surface area contributed by atoms with Crippen molar-refractivity contribution in [3.63, 3.8) is 0 Å². The van der Waals surface area contributed by atoms with E-state index >= 15 is 0 Å². The molecule has 2 aromatic heterocycles. The van der Waals surface area contributed by atoms with Crippen LogP contribution in [0.1, 0.15) is 41.2 Å². The Morgan fingerprint density at radius 3 is 2.59 bits per heavy atom. The largest absolute Gasteiger partial charge is 0.489 e. The first-order valence-corrected chi connectivity index (χ1v) is 8.86. The lowest BCUT2D eigenvalue weighted by Gasteiger charge is -2.13. The summed E-state index contributed by atoms with van der Waals surface area (Å²) in [5.41, 5.74) is 3.56. The zero-order valence-corrected chi connectivity index (χ0v) is 15.7. The Morgan fingerprint density at radius 2 is 1.96 bits per heavy atom. The number of carbonyl (C=O) groups is 1. The topological polar surface area (TPSA) is 77.2 Å². The number of amides is 1. The molecule has 6 heteroatoms. The number of hydrogen-bond acceptors (Lipinski definition) is 5. The third-order valence-electron chi connectivity index (χ3n) is 4.36. The number of hydrogen-bond donors (Lipinski definition) is 1. The van der Waals surface area contributed by atoms with Gasteiger partial charge in [0.2, 0.25) is 5.91 Å². The van der Waals surface area contributed by atoms with E-state index in [1.54, 1.807) is 6.20 Å². The van der Waals surface area contributed by atoms with Gasteiger partial charge in [0.25, 0.3) is 0 Å². The normalized spacial score (nSPS) is 11.8. The van der Waals surface area contributed by atoms with E-state index < -0.39 is 0 Å². The number of nitrogens with zero attached hydrogens (tertiary/aromatic N) is 2. The summed E-state index contributed by atoms with van der Waals surface area (Å²) in [5.74, 6) is 1.46. The van der Waals surface area contributed by atoms with Crippen LogP contribution in [0.5, 0.6) is 5.75 Å². The molecule has 0 saturated heterocycles. The third-order valence-corrected chi connectivity index (χ3v) is 4.36. The second-order valence-electron chi connectivity index (χ2n) is 6.46. The fraction of sp³-hybridized carbons (Fsp3) is 0.286. The van der Waals surface area contributed by atoms with Crippen molar-refractivity contribution in [1.29, 1.82) is 0 Å². The second-order valence-corrected chi connectivity index (χ2v) is 6.46. The molecule has 0 aliphatic rings. The van der Waals surface area contributed by atoms with Crippen LogP contribution in [0.4, 0.5) is 0 Å². The molecule has 0 aliphatic heterocycles. The molecule has 1 atom stereocenters. The fourth-order valence-corrected chi connectivity index (χ4v) is 2.75. The zero-order chi connectivity index (χ0) is 19.2. The van der Waals surface area contributed by atoms with Gasteiger partial charge in [-0.25, -0.2) is 0 Å². The minimum absolute atomic E-state index is 0.0439. The Balaban J connectivity index is 1.52. The Labute approximate surface area is 158 Å². The van der Waals surface area contributed by atoms with Crippen LogP contribution in [-0.4, -0.2) is 16.0 Å². The van der Waals surface area contributed by atoms with Crippen molar-refractivity contribution >= 4 is 5.91 Å². The molecule has 1 aromatic carbocycles. The van der Waals surface area contributed by atoms with Gasteiger partial charge in [-0.05, 0) is 50.6 Å². The molecule has 3 aromatic rings. The Morgan fingerprint density at radius 1 is 1.19 bits per heavy atom. The maximum Gasteiger partial charge on any atom is 0.224 e. The fourth-order valence-electron chi connectivity index (χ4n) is 2.75. The lowest BCUT2D eigenvalue weighted by molar-refractivity contribution is -0.121. The summed E-state index contributed by atoms with van der Waals surface area (Å²) >= 11 is 0. The van der Waals surface area contributed by atoms with Crippen LogP contribution >= 0.6 is 0 Å². The Hall–Kier alpha value is -3.15. The van der Waals surface area contributed by atoms with Crippen LogP contribution in [-0.2, 0) is 17.8 Å². The van der Waals surface area contributed by atoms with Gasteiger partial charge < -0.3 is 14.6 Å². The van der Waals surface area contributed by atoms with E-state index in [1.807, 2.05) is 63.2 Å². The number of nitrogens with one attached hydrogen (secondary N) is 1. The van der Waals surface area contributed by atoms with Crippen LogP contribution in [0.2, 0.25) is 0 Å². The molecule has 0 spiro atoms. The van der Waals surface area contributed by atoms with Crippen molar-refractivity contribution in [2.24, 2.45) is 0 Å². The second kappa shape index (κ2) is 8.49. The van der Waals surface area contributed by atoms with Crippen molar-refractivity contribution < 1.29 is 14.1 Å². The molecule has 1 N–H and O–H groups in total. The van der Waals surface area contributed by atoms with E-state index in [9.17, 15) is 4.79 Å². The highest BCUT2D eigenvalue weighted by Gasteiger charge is 2.12. The van der Waals surface area contributed by atoms with Crippen LogP contribution in [0.15, 0.2) is 53.2 Å². The first-order valence-electron chi connectivity index (χ1n) is 8.86. The Kier molecular flexibility index (Phi) is 5.86. The van der Waals surface area contributed by atoms with Gasteiger partial charge in [0.1, 0.15) is 18.1 Å². The van der Waals surface area contributed by atoms with Crippen LogP contribution in [0, 0.1) is 13.8 Å². The maximum absolute atomic E-state index is 12.2. The minimum atomic E-state index is -0.128. The molecule has 6 nitrogen and oxygen atoms in total. The quantitative estimate of drug-likeness (QED) is 0.691. The lowest BCUT2D eigenvalue weighted by atomic mass is 10.1. The summed E-state index contributed by atoms with van der Waals surface area (Å²) in [6.45, 7) is 6.09. The monoisotopic (exact) mass is 365 g/mol. The molecule has 2 heterocycles. The van der Waals surface area contributed by atoms with Gasteiger partial charge in [-0.1, -0.05) is 23.4 Å². The van der Waals surface area contributed by atoms with E-state index in [-0.39, 0.29) is 11.9 Å². The smallest absolute Gasteiger partial charge is 0.224 e. The molecule has 1 unspecified atom stereocenters. The van der Waals surface area contributed by atoms with Crippen LogP contribution in [0.25, 0.3) is 0 Å². The van der Waals surface area contributed by atoms with E-state index in [2.05, 4.69) is 15.5 Å². The number of ether oxygens (including phenoxy) is 1. The molecule has 0 saturated carbocycles. The highest BCUT2D eigenvalue weighted by atomic mass is 16.5. The summed E-state index contributed by atoms with van der Waals surface area (Å²) < 4.78 is 10.9. The number of carbonyl (C=O) groups excluding carboxylic acids is 1. The van der Waals surface area contributed by atoms with Crippen molar-refractivity contribution in [1.82, 2.24) is 15.5 Å². The molecular formula is C21H23N3O3. The van der Waals surface area contributed by atoms with Gasteiger partial charge in [-0.3, -0.25) is 9.78 Å². The van der Waals surface area contributed by atoms with Crippen molar-refractivity contribution in [2.45, 2.75) is 39.8 Å². The van der Waals surface area contributed by atoms with E-state index in [4.69, 9.17) is 9.26 Å². The molecule has 0 aliphatic carbocycles. The summed E-state index contributed by atoms with van der Waals surface area (Å²) in [6.07, 6.45) is 2.03. The van der Waals surface area contributed by atoms with Gasteiger partial charge >= 0.3 is 0 Å². The van der Waals surface area contributed by atoms with E-state index in [0.717, 1.165) is 34.0 Å². The molecule has 0 radical (unpaired) electrons. The minimum Gasteiger partial charge on any atom is -0.489 e. The van der Waals surface area contributed by atoms with Gasteiger partial charge in [0, 0.05) is 6.20 Å². The number of rotatable bonds is 7. The highest BCUT2D eigenvalue weighted by molar-refractivity contribution is 5.79. The van der Waals surface area contributed by atoms with Gasteiger partial charge in [0.15, 0.2) is 0 Å². The summed E-state index contributed by atoms with van der Waals surface area (Å²) in [5, 5.41) is 6.88. The first-order chi connectivity index (χ1) is 13.0. The summed E-state index contributed by atoms with van der Waals surface area (Å²) in [4.78, 5) is 16.5. The van der Waals surface area contributed by atoms with Crippen LogP contribution in [0.3, 0.4) is 0 Å². The Bertz CT molecular complexity index is 869. The van der Waals surface area contributed by atoms with Gasteiger partial charge in [0.05, 0.1) is 29.4 Å². The number of aryl methyl sites for hydroxylation is 2. The van der Waals surface area contributed by atoms with E-state index in [0.29, 0.717) is 13.0 Å². The molecule has 0 bridgehead atoms. The average molecular weight is 365 g/mol. The lowest BCUT2D eigenvalue weighted by Crippen LogP contribution is -2.28. The van der Waals surface area contributed by atoms with Crippen molar-refractivity contribution in [3.8, 4) is 5.75 Å². The first kappa shape index (κ1) is 18.6. The highest BCUT2D eigenvalue weighted by Crippen LogP contribution is 2.18. The van der Waals surface area contributed by atoms with Gasteiger partial charge in [-0.15, -0.1) is 0 Å². The summed E-state index contributed by atoms with van der Waals surface area (Å²) in [6, 6.07) is 13.1. The zero-order valence-electron chi connectivity index (χ0n) is 15.7. The summed E-state index contributed by atoms with van der Waals surface area (Å²) in [7, 11) is 0. The molecule has 27 heavy (non-hydrogen) atoms. The molecular weight excluding hydrogens is 342 g/mol.